The van der Waals surface area contributed by atoms with Crippen LogP contribution < -0.4 is 10.6 Å². The number of hydrogen-bond acceptors (Lipinski definition) is 2. The Bertz CT molecular complexity index is 401. The molecule has 0 aromatic heterocycles. The molecule has 5 atom stereocenters. The van der Waals surface area contributed by atoms with Gasteiger partial charge in [0, 0.05) is 24.2 Å². The van der Waals surface area contributed by atoms with Gasteiger partial charge in [-0.2, -0.15) is 0 Å². The van der Waals surface area contributed by atoms with Crippen molar-refractivity contribution in [1.82, 2.24) is 10.6 Å². The minimum Gasteiger partial charge on any atom is -0.308 e. The van der Waals surface area contributed by atoms with Gasteiger partial charge in [-0.15, -0.1) is 0 Å². The highest BCUT2D eigenvalue weighted by molar-refractivity contribution is 5.26. The highest BCUT2D eigenvalue weighted by Crippen LogP contribution is 2.38. The van der Waals surface area contributed by atoms with Crippen molar-refractivity contribution >= 4 is 0 Å². The molecule has 2 heterocycles. The smallest absolute Gasteiger partial charge is 0.0481 e. The van der Waals surface area contributed by atoms with Crippen molar-refractivity contribution < 1.29 is 0 Å². The molecule has 2 aliphatic heterocycles. The van der Waals surface area contributed by atoms with Crippen LogP contribution in [0.25, 0.3) is 0 Å². The summed E-state index contributed by atoms with van der Waals surface area (Å²) in [6.07, 6.45) is 1.31. The molecule has 18 heavy (non-hydrogen) atoms. The number of nitrogens with one attached hydrogen (secondary N) is 2. The Morgan fingerprint density at radius 2 is 1.72 bits per heavy atom. The molecule has 98 valence electrons. The van der Waals surface area contributed by atoms with E-state index in [1.807, 2.05) is 0 Å². The lowest BCUT2D eigenvalue weighted by molar-refractivity contribution is 0.491. The fourth-order valence-corrected chi connectivity index (χ4v) is 3.22. The molecule has 3 rings (SSSR count). The van der Waals surface area contributed by atoms with Crippen molar-refractivity contribution in [2.45, 2.75) is 51.4 Å². The van der Waals surface area contributed by atoms with Crippen LogP contribution in [0.15, 0.2) is 30.3 Å². The van der Waals surface area contributed by atoms with Crippen molar-refractivity contribution in [3.05, 3.63) is 35.9 Å². The van der Waals surface area contributed by atoms with Crippen LogP contribution in [0.5, 0.6) is 0 Å². The van der Waals surface area contributed by atoms with Crippen LogP contribution in [0.1, 0.15) is 38.8 Å². The molecular weight excluding hydrogens is 220 g/mol. The highest BCUT2D eigenvalue weighted by Gasteiger charge is 2.45. The van der Waals surface area contributed by atoms with Crippen LogP contribution in [0.4, 0.5) is 0 Å². The van der Waals surface area contributed by atoms with Gasteiger partial charge in [0.15, 0.2) is 0 Å². The summed E-state index contributed by atoms with van der Waals surface area (Å²) in [5, 5.41) is 7.24. The zero-order valence-corrected chi connectivity index (χ0v) is 11.6. The summed E-state index contributed by atoms with van der Waals surface area (Å²) in [4.78, 5) is 0. The second-order valence-corrected chi connectivity index (χ2v) is 6.34. The van der Waals surface area contributed by atoms with Gasteiger partial charge in [-0.05, 0) is 23.8 Å². The summed E-state index contributed by atoms with van der Waals surface area (Å²) in [5.41, 5.74) is 1.44. The quantitative estimate of drug-likeness (QED) is 0.782. The van der Waals surface area contributed by atoms with E-state index >= 15 is 0 Å². The van der Waals surface area contributed by atoms with Crippen LogP contribution in [0.3, 0.4) is 0 Å². The van der Waals surface area contributed by atoms with E-state index in [0.29, 0.717) is 12.1 Å². The highest BCUT2D eigenvalue weighted by atomic mass is 15.2. The largest absolute Gasteiger partial charge is 0.308 e. The Morgan fingerprint density at radius 3 is 2.33 bits per heavy atom. The molecule has 2 aliphatic rings. The minimum absolute atomic E-state index is 0.595. The van der Waals surface area contributed by atoms with E-state index in [9.17, 15) is 0 Å². The Morgan fingerprint density at radius 1 is 1.00 bits per heavy atom. The molecule has 0 amide bonds. The van der Waals surface area contributed by atoms with E-state index in [1.165, 1.54) is 12.0 Å². The molecule has 5 unspecified atom stereocenters. The van der Waals surface area contributed by atoms with E-state index < -0.39 is 0 Å². The molecule has 0 aliphatic carbocycles. The fourth-order valence-electron chi connectivity index (χ4n) is 3.22. The van der Waals surface area contributed by atoms with Crippen LogP contribution in [0, 0.1) is 11.8 Å². The second kappa shape index (κ2) is 4.67. The molecule has 0 spiro atoms. The number of rotatable bonds is 5. The van der Waals surface area contributed by atoms with Gasteiger partial charge in [0.25, 0.3) is 0 Å². The van der Waals surface area contributed by atoms with E-state index in [1.54, 1.807) is 0 Å². The number of benzene rings is 1. The maximum absolute atomic E-state index is 3.63. The predicted octanol–water partition coefficient (Wildman–Crippen LogP) is 2.72. The lowest BCUT2D eigenvalue weighted by Gasteiger charge is -2.09. The zero-order valence-electron chi connectivity index (χ0n) is 11.6. The third-order valence-corrected chi connectivity index (χ3v) is 4.47. The molecule has 2 nitrogen and oxygen atoms in total. The molecule has 1 aromatic carbocycles. The first-order valence-corrected chi connectivity index (χ1v) is 7.24. The molecule has 1 aromatic rings. The van der Waals surface area contributed by atoms with Crippen molar-refractivity contribution in [3.63, 3.8) is 0 Å². The molecule has 0 bridgehead atoms. The maximum Gasteiger partial charge on any atom is 0.0481 e. The summed E-state index contributed by atoms with van der Waals surface area (Å²) >= 11 is 0. The van der Waals surface area contributed by atoms with E-state index in [-0.39, 0.29) is 0 Å². The summed E-state index contributed by atoms with van der Waals surface area (Å²) in [7, 11) is 0. The SMILES string of the molecule is CC(C)C1NC1CC(C)C1NC1c1ccccc1. The molecule has 0 radical (unpaired) electrons. The van der Waals surface area contributed by atoms with Gasteiger partial charge >= 0.3 is 0 Å². The van der Waals surface area contributed by atoms with Gasteiger partial charge in [-0.1, -0.05) is 51.1 Å². The van der Waals surface area contributed by atoms with Crippen LogP contribution in [0.2, 0.25) is 0 Å². The normalized spacial score (nSPS) is 35.6. The Kier molecular flexibility index (Phi) is 3.16. The summed E-state index contributed by atoms with van der Waals surface area (Å²) < 4.78 is 0. The van der Waals surface area contributed by atoms with Gasteiger partial charge in [0.05, 0.1) is 0 Å². The van der Waals surface area contributed by atoms with Crippen molar-refractivity contribution in [1.29, 1.82) is 0 Å². The van der Waals surface area contributed by atoms with Crippen molar-refractivity contribution in [2.75, 3.05) is 0 Å². The Balaban J connectivity index is 1.50. The molecule has 0 saturated carbocycles. The monoisotopic (exact) mass is 244 g/mol. The molecule has 2 N–H and O–H groups in total. The van der Waals surface area contributed by atoms with Crippen molar-refractivity contribution in [2.24, 2.45) is 11.8 Å². The Labute approximate surface area is 110 Å². The minimum atomic E-state index is 0.595. The lowest BCUT2D eigenvalue weighted by atomic mass is 9.94. The Hall–Kier alpha value is -0.860. The maximum atomic E-state index is 3.63. The van der Waals surface area contributed by atoms with Gasteiger partial charge in [0.2, 0.25) is 0 Å². The first-order chi connectivity index (χ1) is 8.66. The molecule has 2 saturated heterocycles. The van der Waals surface area contributed by atoms with Crippen LogP contribution in [-0.2, 0) is 0 Å². The molecule has 2 fully saturated rings. The van der Waals surface area contributed by atoms with Gasteiger partial charge in [-0.25, -0.2) is 0 Å². The third kappa shape index (κ3) is 2.45. The van der Waals surface area contributed by atoms with Crippen molar-refractivity contribution in [3.8, 4) is 0 Å². The second-order valence-electron chi connectivity index (χ2n) is 6.34. The topological polar surface area (TPSA) is 43.9 Å². The average molecular weight is 244 g/mol. The first kappa shape index (κ1) is 12.2. The standard InChI is InChI=1S/C16H24N2/c1-10(2)14-13(17-14)9-11(3)15-16(18-15)12-7-5-4-6-8-12/h4-8,10-11,13-18H,9H2,1-3H3. The molecule has 2 heteroatoms. The molecular formula is C16H24N2. The van der Waals surface area contributed by atoms with Crippen LogP contribution >= 0.6 is 0 Å². The van der Waals surface area contributed by atoms with E-state index in [4.69, 9.17) is 0 Å². The zero-order chi connectivity index (χ0) is 12.7. The summed E-state index contributed by atoms with van der Waals surface area (Å²) in [6.45, 7) is 7.01. The van der Waals surface area contributed by atoms with Crippen LogP contribution in [-0.4, -0.2) is 18.1 Å². The lowest BCUT2D eigenvalue weighted by Crippen LogP contribution is -2.12. The van der Waals surface area contributed by atoms with E-state index in [2.05, 4.69) is 61.7 Å². The predicted molar refractivity (Wildman–Crippen MR) is 75.4 cm³/mol. The van der Waals surface area contributed by atoms with Gasteiger partial charge in [-0.3, -0.25) is 0 Å². The third-order valence-electron chi connectivity index (χ3n) is 4.47. The van der Waals surface area contributed by atoms with Gasteiger partial charge < -0.3 is 10.6 Å². The fraction of sp³-hybridized carbons (Fsp3) is 0.625. The van der Waals surface area contributed by atoms with Gasteiger partial charge in [0.1, 0.15) is 0 Å². The summed E-state index contributed by atoms with van der Waals surface area (Å²) in [6, 6.07) is 13.6. The number of hydrogen-bond donors (Lipinski definition) is 2. The van der Waals surface area contributed by atoms with E-state index in [0.717, 1.165) is 23.9 Å². The average Bonchev–Trinajstić information content (AvgIpc) is 3.24. The summed E-state index contributed by atoms with van der Waals surface area (Å²) in [5.74, 6) is 1.54. The first-order valence-electron chi connectivity index (χ1n) is 7.24.